The lowest BCUT2D eigenvalue weighted by molar-refractivity contribution is -0.385. The van der Waals surface area contributed by atoms with Crippen LogP contribution < -0.4 is 20.8 Å². The van der Waals surface area contributed by atoms with Crippen LogP contribution in [0.4, 0.5) is 44.0 Å². The second-order valence-electron chi connectivity index (χ2n) is 20.7. The van der Waals surface area contributed by atoms with Crippen LogP contribution in [0.2, 0.25) is 0 Å². The van der Waals surface area contributed by atoms with E-state index >= 15 is 0 Å². The van der Waals surface area contributed by atoms with Gasteiger partial charge in [-0.1, -0.05) is 134 Å². The molecule has 1 aliphatic rings. The number of carbonyl (C=O) groups is 2. The number of methoxy groups -OCH3 is 1. The minimum Gasteiger partial charge on any atom is -0.497 e. The van der Waals surface area contributed by atoms with Crippen LogP contribution in [-0.4, -0.2) is 75.0 Å². The number of aromatic nitrogens is 4. The molecule has 0 fully saturated rings. The Hall–Kier alpha value is -11.4. The van der Waals surface area contributed by atoms with E-state index in [-0.39, 0.29) is 51.7 Å². The van der Waals surface area contributed by atoms with Crippen molar-refractivity contribution in [2.24, 2.45) is 0 Å². The first-order chi connectivity index (χ1) is 44.5. The standard InChI is InChI=1S/C28H26N4O5S.C20H15N3O2S.C19H12N4O4S/c1-3-17-7-9-19(10-8-17)26-25(18-11-13-21(37-2)14-12-18)29-28(38-26)30-31-16-20-5-4-6-23(32(35)36)22(20)15-24(31)27(33)34;1-13-10-16-15(8-5-9-19(16)23(24)25)11-17(13)21-20-22-18(12-26-20)14-6-3-2-4-7-14;24-18(25)13-9-12-14(7-4-8-16(12)23(26)27)20-17(13)22-19-21-15(10-28-19)11-5-2-1-3-6-11/h4-14,24H,3,15-16H2,1-2H3,(H,29,30)(H,33,34);2-12H,1H3,(H,21,22);1-10H,(H,24,25)(H,20,21,22). The number of non-ortho nitro benzene ring substituents is 2. The number of pyridine rings is 1. The van der Waals surface area contributed by atoms with Gasteiger partial charge in [-0.25, -0.2) is 29.7 Å². The van der Waals surface area contributed by atoms with Crippen LogP contribution in [0, 0.1) is 37.3 Å². The largest absolute Gasteiger partial charge is 0.497 e. The predicted molar refractivity (Wildman–Crippen MR) is 359 cm³/mol. The number of aryl methyl sites for hydroxylation is 2. The molecule has 1 atom stereocenters. The Morgan fingerprint density at radius 3 is 1.82 bits per heavy atom. The van der Waals surface area contributed by atoms with Gasteiger partial charge in [-0.15, -0.1) is 22.7 Å². The number of hydrogen-bond donors (Lipinski definition) is 5. The predicted octanol–water partition coefficient (Wildman–Crippen LogP) is 16.4. The van der Waals surface area contributed by atoms with Gasteiger partial charge >= 0.3 is 11.9 Å². The van der Waals surface area contributed by atoms with E-state index < -0.39 is 27.8 Å². The van der Waals surface area contributed by atoms with E-state index in [4.69, 9.17) is 9.72 Å². The van der Waals surface area contributed by atoms with Gasteiger partial charge in [0.05, 0.1) is 60.1 Å². The maximum atomic E-state index is 12.2. The van der Waals surface area contributed by atoms with Gasteiger partial charge in [0, 0.05) is 69.9 Å². The summed E-state index contributed by atoms with van der Waals surface area (Å²) < 4.78 is 5.30. The molecule has 0 spiro atoms. The minimum atomic E-state index is -1.24. The van der Waals surface area contributed by atoms with Crippen LogP contribution >= 0.6 is 34.0 Å². The Morgan fingerprint density at radius 2 is 1.22 bits per heavy atom. The highest BCUT2D eigenvalue weighted by Gasteiger charge is 2.36. The second kappa shape index (κ2) is 27.6. The van der Waals surface area contributed by atoms with Gasteiger partial charge in [-0.2, -0.15) is 0 Å². The highest BCUT2D eigenvalue weighted by molar-refractivity contribution is 7.19. The summed E-state index contributed by atoms with van der Waals surface area (Å²) in [6, 6.07) is 53.9. The third-order valence-corrected chi connectivity index (χ3v) is 17.5. The van der Waals surface area contributed by atoms with Crippen molar-refractivity contribution in [1.82, 2.24) is 24.9 Å². The molecular formula is C67H53N11O11S3. The van der Waals surface area contributed by atoms with Crippen molar-refractivity contribution in [2.45, 2.75) is 39.3 Å². The maximum absolute atomic E-state index is 12.2. The summed E-state index contributed by atoms with van der Waals surface area (Å²) in [6.07, 6.45) is 0.948. The maximum Gasteiger partial charge on any atom is 0.339 e. The first kappa shape index (κ1) is 62.2. The van der Waals surface area contributed by atoms with Crippen LogP contribution in [0.1, 0.15) is 39.5 Å². The fraction of sp³-hybridized carbons (Fsp3) is 0.104. The van der Waals surface area contributed by atoms with E-state index in [0.29, 0.717) is 32.3 Å². The van der Waals surface area contributed by atoms with Gasteiger partial charge in [0.25, 0.3) is 17.1 Å². The number of carboxylic acid groups (broad SMARTS) is 2. The fourth-order valence-electron chi connectivity index (χ4n) is 10.3. The average Bonchev–Trinajstić information content (AvgIpc) is 1.22. The van der Waals surface area contributed by atoms with E-state index in [1.165, 1.54) is 69.9 Å². The second-order valence-corrected chi connectivity index (χ2v) is 23.4. The quantitative estimate of drug-likeness (QED) is 0.0418. The van der Waals surface area contributed by atoms with E-state index in [9.17, 15) is 50.1 Å². The van der Waals surface area contributed by atoms with Gasteiger partial charge in [0.1, 0.15) is 23.2 Å². The molecule has 4 aromatic heterocycles. The van der Waals surface area contributed by atoms with Crippen molar-refractivity contribution in [2.75, 3.05) is 23.2 Å². The van der Waals surface area contributed by atoms with Gasteiger partial charge in [0.15, 0.2) is 15.4 Å². The van der Waals surface area contributed by atoms with Crippen molar-refractivity contribution in [3.05, 3.63) is 251 Å². The smallest absolute Gasteiger partial charge is 0.339 e. The zero-order chi connectivity index (χ0) is 64.6. The van der Waals surface area contributed by atoms with Crippen molar-refractivity contribution < 1.29 is 39.3 Å². The molecule has 5 N–H and O–H groups in total. The van der Waals surface area contributed by atoms with Gasteiger partial charge in [-0.05, 0) is 89.5 Å². The molecule has 0 bridgehead atoms. The lowest BCUT2D eigenvalue weighted by atomic mass is 9.93. The number of carboxylic acids is 2. The van der Waals surface area contributed by atoms with E-state index in [1.807, 2.05) is 121 Å². The number of anilines is 5. The van der Waals surface area contributed by atoms with E-state index in [1.54, 1.807) is 36.4 Å². The molecule has 22 nitrogen and oxygen atoms in total. The van der Waals surface area contributed by atoms with Crippen LogP contribution in [0.25, 0.3) is 65.9 Å². The number of aromatic carboxylic acids is 1. The summed E-state index contributed by atoms with van der Waals surface area (Å²) in [5.41, 5.74) is 13.8. The third-order valence-electron chi connectivity index (χ3n) is 15.0. The lowest BCUT2D eigenvalue weighted by Crippen LogP contribution is -2.48. The zero-order valence-electron chi connectivity index (χ0n) is 49.0. The summed E-state index contributed by atoms with van der Waals surface area (Å²) in [5, 5.41) is 68.6. The van der Waals surface area contributed by atoms with Gasteiger partial charge in [0.2, 0.25) is 0 Å². The molecular weight excluding hydrogens is 1230 g/mol. The number of nitrogens with one attached hydrogen (secondary N) is 3. The Bertz CT molecular complexity index is 4680. The number of nitrogens with zero attached hydrogens (tertiary/aromatic N) is 8. The molecule has 5 heterocycles. The molecule has 0 amide bonds. The SMILES string of the molecule is CCc1ccc(-c2sc(NN3Cc4cccc([N+](=O)[O-])c4CC3C(=O)O)nc2-c2ccc(OC)cc2)cc1.Cc1cc2c([N+](=O)[O-])cccc2cc1Nc1nc(-c2ccccc2)cs1.O=C(O)c1cc2c([N+](=O)[O-])cccc2nc1Nc1nc(-c2ccccc2)cs1. The summed E-state index contributed by atoms with van der Waals surface area (Å²) in [7, 11) is 1.62. The zero-order valence-corrected chi connectivity index (χ0v) is 51.5. The van der Waals surface area contributed by atoms with Crippen molar-refractivity contribution in [3.63, 3.8) is 0 Å². The molecule has 460 valence electrons. The summed E-state index contributed by atoms with van der Waals surface area (Å²) in [4.78, 5) is 75.7. The Morgan fingerprint density at radius 1 is 0.630 bits per heavy atom. The number of nitro benzene ring substituents is 3. The number of thiazole rings is 3. The molecule has 0 aliphatic carbocycles. The Labute approximate surface area is 536 Å². The molecule has 92 heavy (non-hydrogen) atoms. The number of hydrogen-bond acceptors (Lipinski definition) is 20. The molecule has 1 unspecified atom stereocenters. The number of hydrazine groups is 1. The normalized spacial score (nSPS) is 12.5. The van der Waals surface area contributed by atoms with Gasteiger partial charge in [-0.3, -0.25) is 40.6 Å². The molecule has 1 aliphatic heterocycles. The van der Waals surface area contributed by atoms with E-state index in [2.05, 4.69) is 62.2 Å². The summed E-state index contributed by atoms with van der Waals surface area (Å²) in [5.74, 6) is -1.49. The van der Waals surface area contributed by atoms with Crippen LogP contribution in [0.3, 0.4) is 0 Å². The number of nitro groups is 3. The third kappa shape index (κ3) is 13.9. The minimum absolute atomic E-state index is 0.0108. The topological polar surface area (TPSA) is 304 Å². The van der Waals surface area contributed by atoms with E-state index in [0.717, 1.165) is 78.2 Å². The van der Waals surface area contributed by atoms with Crippen LogP contribution in [0.15, 0.2) is 193 Å². The molecule has 8 aromatic carbocycles. The molecule has 13 rings (SSSR count). The molecule has 12 aromatic rings. The van der Waals surface area contributed by atoms with Gasteiger partial charge < -0.3 is 25.6 Å². The summed E-state index contributed by atoms with van der Waals surface area (Å²) >= 11 is 4.27. The number of ether oxygens (including phenoxy) is 1. The average molecular weight is 1280 g/mol. The lowest BCUT2D eigenvalue weighted by Gasteiger charge is -2.33. The fourth-order valence-corrected chi connectivity index (χ4v) is 12.8. The first-order valence-electron chi connectivity index (χ1n) is 28.3. The monoisotopic (exact) mass is 1280 g/mol. The number of fused-ring (bicyclic) bond motifs is 3. The van der Waals surface area contributed by atoms with Crippen molar-refractivity contribution >= 4 is 112 Å². The van der Waals surface area contributed by atoms with Crippen molar-refractivity contribution in [1.29, 1.82) is 0 Å². The highest BCUT2D eigenvalue weighted by atomic mass is 32.1. The molecule has 0 saturated carbocycles. The highest BCUT2D eigenvalue weighted by Crippen LogP contribution is 2.42. The van der Waals surface area contributed by atoms with Crippen molar-refractivity contribution in [3.8, 4) is 50.0 Å². The van der Waals surface area contributed by atoms with Crippen LogP contribution in [-0.2, 0) is 24.2 Å². The number of aliphatic carboxylic acids is 1. The van der Waals surface area contributed by atoms with Crippen LogP contribution in [0.5, 0.6) is 5.75 Å². The summed E-state index contributed by atoms with van der Waals surface area (Å²) in [6.45, 7) is 4.23. The molecule has 25 heteroatoms. The number of rotatable bonds is 17. The first-order valence-corrected chi connectivity index (χ1v) is 30.9. The molecule has 0 radical (unpaired) electrons. The molecule has 0 saturated heterocycles. The number of benzene rings is 8. The Kier molecular flexibility index (Phi) is 18.6. The Balaban J connectivity index is 0.000000145.